The molecule has 1 aromatic rings. The third-order valence-electron chi connectivity index (χ3n) is 1.65. The predicted molar refractivity (Wildman–Crippen MR) is 49.4 cm³/mol. The number of rotatable bonds is 4. The van der Waals surface area contributed by atoms with Crippen LogP contribution in [0.4, 0.5) is 4.39 Å². The van der Waals surface area contributed by atoms with Crippen molar-refractivity contribution in [3.05, 3.63) is 29.6 Å². The molecular formula is C10H10FNO2. The van der Waals surface area contributed by atoms with Crippen LogP contribution in [0.3, 0.4) is 0 Å². The molecule has 0 radical (unpaired) electrons. The van der Waals surface area contributed by atoms with Crippen molar-refractivity contribution in [2.75, 3.05) is 6.61 Å². The van der Waals surface area contributed by atoms with Crippen molar-refractivity contribution in [3.8, 4) is 5.75 Å². The topological polar surface area (TPSA) is 38.7 Å². The summed E-state index contributed by atoms with van der Waals surface area (Å²) in [5, 5.41) is 0. The quantitative estimate of drug-likeness (QED) is 0.544. The van der Waals surface area contributed by atoms with E-state index >= 15 is 0 Å². The van der Waals surface area contributed by atoms with Gasteiger partial charge in [-0.3, -0.25) is 0 Å². The molecule has 0 aliphatic heterocycles. The Morgan fingerprint density at radius 1 is 1.57 bits per heavy atom. The number of hydrogen-bond acceptors (Lipinski definition) is 3. The maximum Gasteiger partial charge on any atom is 0.235 e. The highest BCUT2D eigenvalue weighted by molar-refractivity contribution is 5.35. The van der Waals surface area contributed by atoms with Crippen molar-refractivity contribution in [2.24, 2.45) is 4.99 Å². The van der Waals surface area contributed by atoms with E-state index in [-0.39, 0.29) is 6.54 Å². The van der Waals surface area contributed by atoms with Crippen molar-refractivity contribution in [1.82, 2.24) is 0 Å². The predicted octanol–water partition coefficient (Wildman–Crippen LogP) is 2.06. The van der Waals surface area contributed by atoms with Crippen LogP contribution in [0.1, 0.15) is 12.5 Å². The third-order valence-corrected chi connectivity index (χ3v) is 1.65. The van der Waals surface area contributed by atoms with E-state index in [9.17, 15) is 9.18 Å². The van der Waals surface area contributed by atoms with E-state index < -0.39 is 5.82 Å². The molecule has 0 saturated heterocycles. The van der Waals surface area contributed by atoms with Gasteiger partial charge in [0.05, 0.1) is 13.2 Å². The zero-order valence-corrected chi connectivity index (χ0v) is 7.79. The highest BCUT2D eigenvalue weighted by atomic mass is 19.1. The molecule has 0 spiro atoms. The Hall–Kier alpha value is -1.67. The number of benzene rings is 1. The highest BCUT2D eigenvalue weighted by Crippen LogP contribution is 2.17. The van der Waals surface area contributed by atoms with Crippen molar-refractivity contribution in [3.63, 3.8) is 0 Å². The fourth-order valence-electron chi connectivity index (χ4n) is 1.03. The Balaban J connectivity index is 2.83. The SMILES string of the molecule is CCOc1ccc(CN=C=O)c(F)c1. The van der Waals surface area contributed by atoms with E-state index in [2.05, 4.69) is 4.99 Å². The van der Waals surface area contributed by atoms with Crippen LogP contribution in [0.5, 0.6) is 5.75 Å². The Labute approximate surface area is 81.2 Å². The van der Waals surface area contributed by atoms with E-state index in [0.29, 0.717) is 17.9 Å². The Kier molecular flexibility index (Phi) is 3.83. The van der Waals surface area contributed by atoms with E-state index in [1.807, 2.05) is 6.92 Å². The lowest BCUT2D eigenvalue weighted by atomic mass is 10.2. The van der Waals surface area contributed by atoms with Crippen LogP contribution in [0, 0.1) is 5.82 Å². The van der Waals surface area contributed by atoms with Gasteiger partial charge >= 0.3 is 0 Å². The lowest BCUT2D eigenvalue weighted by Crippen LogP contribution is -1.94. The molecule has 0 aromatic heterocycles. The zero-order valence-electron chi connectivity index (χ0n) is 7.79. The summed E-state index contributed by atoms with van der Waals surface area (Å²) >= 11 is 0. The lowest BCUT2D eigenvalue weighted by molar-refractivity contribution is 0.338. The molecule has 0 amide bonds. The first kappa shape index (κ1) is 10.4. The summed E-state index contributed by atoms with van der Waals surface area (Å²) in [6.45, 7) is 2.33. The Morgan fingerprint density at radius 2 is 2.36 bits per heavy atom. The van der Waals surface area contributed by atoms with Crippen molar-refractivity contribution < 1.29 is 13.9 Å². The fraction of sp³-hybridized carbons (Fsp3) is 0.300. The van der Waals surface area contributed by atoms with Gasteiger partial charge in [-0.25, -0.2) is 14.2 Å². The number of isocyanates is 1. The van der Waals surface area contributed by atoms with Crippen LogP contribution in [0.2, 0.25) is 0 Å². The van der Waals surface area contributed by atoms with Gasteiger partial charge in [0, 0.05) is 11.6 Å². The minimum Gasteiger partial charge on any atom is -0.494 e. The van der Waals surface area contributed by atoms with Gasteiger partial charge in [-0.1, -0.05) is 6.07 Å². The zero-order chi connectivity index (χ0) is 10.4. The van der Waals surface area contributed by atoms with Gasteiger partial charge in [0.1, 0.15) is 11.6 Å². The number of nitrogens with zero attached hydrogens (tertiary/aromatic N) is 1. The van der Waals surface area contributed by atoms with Gasteiger partial charge in [-0.05, 0) is 13.0 Å². The maximum absolute atomic E-state index is 13.2. The molecule has 0 saturated carbocycles. The van der Waals surface area contributed by atoms with Crippen LogP contribution >= 0.6 is 0 Å². The summed E-state index contributed by atoms with van der Waals surface area (Å²) in [7, 11) is 0. The van der Waals surface area contributed by atoms with E-state index in [1.165, 1.54) is 12.1 Å². The first-order valence-electron chi connectivity index (χ1n) is 4.22. The summed E-state index contributed by atoms with van der Waals surface area (Å²) in [5.41, 5.74) is 0.358. The molecule has 3 nitrogen and oxygen atoms in total. The van der Waals surface area contributed by atoms with Gasteiger partial charge in [-0.2, -0.15) is 0 Å². The summed E-state index contributed by atoms with van der Waals surface area (Å²) < 4.78 is 18.3. The fourth-order valence-corrected chi connectivity index (χ4v) is 1.03. The molecule has 0 unspecified atom stereocenters. The number of halogens is 1. The highest BCUT2D eigenvalue weighted by Gasteiger charge is 2.02. The van der Waals surface area contributed by atoms with Gasteiger partial charge < -0.3 is 4.74 Å². The van der Waals surface area contributed by atoms with E-state index in [1.54, 1.807) is 12.1 Å². The molecule has 74 valence electrons. The Morgan fingerprint density at radius 3 is 2.93 bits per heavy atom. The summed E-state index contributed by atoms with van der Waals surface area (Å²) in [6.07, 6.45) is 1.36. The molecule has 0 N–H and O–H groups in total. The first-order chi connectivity index (χ1) is 6.77. The van der Waals surface area contributed by atoms with Crippen LogP contribution in [0.25, 0.3) is 0 Å². The first-order valence-corrected chi connectivity index (χ1v) is 4.22. The van der Waals surface area contributed by atoms with Crippen molar-refractivity contribution in [1.29, 1.82) is 0 Å². The number of ether oxygens (including phenoxy) is 1. The van der Waals surface area contributed by atoms with E-state index in [0.717, 1.165) is 0 Å². The maximum atomic E-state index is 13.2. The minimum absolute atomic E-state index is 0.0156. The molecule has 1 aromatic carbocycles. The van der Waals surface area contributed by atoms with E-state index in [4.69, 9.17) is 4.74 Å². The molecule has 0 aliphatic carbocycles. The van der Waals surface area contributed by atoms with Crippen LogP contribution in [-0.4, -0.2) is 12.7 Å². The Bertz CT molecular complexity index is 359. The lowest BCUT2D eigenvalue weighted by Gasteiger charge is -2.04. The third kappa shape index (κ3) is 2.68. The van der Waals surface area contributed by atoms with Crippen LogP contribution < -0.4 is 4.74 Å². The summed E-state index contributed by atoms with van der Waals surface area (Å²) in [5.74, 6) is 0.0544. The number of carbonyl (C=O) groups excluding carboxylic acids is 1. The van der Waals surface area contributed by atoms with Gasteiger partial charge in [0.15, 0.2) is 0 Å². The normalized spacial score (nSPS) is 9.29. The van der Waals surface area contributed by atoms with Crippen LogP contribution in [0.15, 0.2) is 23.2 Å². The second-order valence-corrected chi connectivity index (χ2v) is 2.59. The monoisotopic (exact) mass is 195 g/mol. The summed E-state index contributed by atoms with van der Waals surface area (Å²) in [4.78, 5) is 13.1. The molecular weight excluding hydrogens is 185 g/mol. The van der Waals surface area contributed by atoms with Crippen molar-refractivity contribution >= 4 is 6.08 Å². The van der Waals surface area contributed by atoms with Crippen molar-refractivity contribution in [2.45, 2.75) is 13.5 Å². The molecule has 0 bridgehead atoms. The molecule has 0 aliphatic rings. The number of hydrogen-bond donors (Lipinski definition) is 0. The average molecular weight is 195 g/mol. The van der Waals surface area contributed by atoms with Gasteiger partial charge in [0.25, 0.3) is 0 Å². The van der Waals surface area contributed by atoms with Crippen LogP contribution in [-0.2, 0) is 11.3 Å². The van der Waals surface area contributed by atoms with Gasteiger partial charge in [-0.15, -0.1) is 0 Å². The molecule has 0 fully saturated rings. The largest absolute Gasteiger partial charge is 0.494 e. The second-order valence-electron chi connectivity index (χ2n) is 2.59. The second kappa shape index (κ2) is 5.14. The average Bonchev–Trinajstić information content (AvgIpc) is 2.17. The molecule has 0 atom stereocenters. The molecule has 14 heavy (non-hydrogen) atoms. The minimum atomic E-state index is -0.421. The van der Waals surface area contributed by atoms with Gasteiger partial charge in [0.2, 0.25) is 6.08 Å². The number of aliphatic imine (C=N–C) groups is 1. The summed E-state index contributed by atoms with van der Waals surface area (Å²) in [6, 6.07) is 4.46. The standard InChI is InChI=1S/C10H10FNO2/c1-2-14-9-4-3-8(6-12-7-13)10(11)5-9/h3-5H,2,6H2,1H3. The molecule has 1 rings (SSSR count). The molecule has 4 heteroatoms. The smallest absolute Gasteiger partial charge is 0.235 e. The molecule has 0 heterocycles.